The maximum atomic E-state index is 8.63. The molecule has 80 valence electrons. The third-order valence-corrected chi connectivity index (χ3v) is 1.51. The molecular formula is C12H12ClO2-. The van der Waals surface area contributed by atoms with E-state index in [4.69, 9.17) is 10.2 Å². The first kappa shape index (κ1) is 13.3. The van der Waals surface area contributed by atoms with E-state index in [9.17, 15) is 0 Å². The van der Waals surface area contributed by atoms with Crippen LogP contribution in [0.4, 0.5) is 0 Å². The van der Waals surface area contributed by atoms with Crippen molar-refractivity contribution in [2.45, 2.75) is 0 Å². The number of benzene rings is 2. The number of aromatic hydroxyl groups is 2. The van der Waals surface area contributed by atoms with Gasteiger partial charge in [-0.05, 0) is 24.3 Å². The molecule has 2 rings (SSSR count). The van der Waals surface area contributed by atoms with Gasteiger partial charge in [-0.1, -0.05) is 36.4 Å². The van der Waals surface area contributed by atoms with Crippen LogP contribution in [0.2, 0.25) is 0 Å². The Hall–Kier alpha value is -1.67. The Kier molecular flexibility index (Phi) is 6.85. The molecule has 0 aliphatic rings. The lowest BCUT2D eigenvalue weighted by atomic mass is 10.3. The van der Waals surface area contributed by atoms with E-state index in [1.807, 2.05) is 12.1 Å². The van der Waals surface area contributed by atoms with Gasteiger partial charge in [0.2, 0.25) is 0 Å². The highest BCUT2D eigenvalue weighted by molar-refractivity contribution is 5.19. The van der Waals surface area contributed by atoms with Crippen LogP contribution in [-0.4, -0.2) is 10.2 Å². The van der Waals surface area contributed by atoms with Crippen molar-refractivity contribution in [2.75, 3.05) is 0 Å². The lowest BCUT2D eigenvalue weighted by molar-refractivity contribution is -0.00000494. The number of phenols is 2. The second-order valence-corrected chi connectivity index (χ2v) is 2.67. The second-order valence-electron chi connectivity index (χ2n) is 2.67. The maximum Gasteiger partial charge on any atom is 0.115 e. The van der Waals surface area contributed by atoms with Gasteiger partial charge in [0, 0.05) is 0 Å². The van der Waals surface area contributed by atoms with Crippen LogP contribution in [0.5, 0.6) is 11.5 Å². The van der Waals surface area contributed by atoms with Gasteiger partial charge in [-0.25, -0.2) is 0 Å². The summed E-state index contributed by atoms with van der Waals surface area (Å²) < 4.78 is 0. The number of hydrogen-bond acceptors (Lipinski definition) is 2. The monoisotopic (exact) mass is 223 g/mol. The van der Waals surface area contributed by atoms with E-state index in [1.54, 1.807) is 48.5 Å². The summed E-state index contributed by atoms with van der Waals surface area (Å²) in [4.78, 5) is 0. The van der Waals surface area contributed by atoms with Gasteiger partial charge in [0.05, 0.1) is 0 Å². The first-order valence-corrected chi connectivity index (χ1v) is 4.27. The van der Waals surface area contributed by atoms with E-state index in [0.29, 0.717) is 11.5 Å². The van der Waals surface area contributed by atoms with Crippen molar-refractivity contribution in [3.05, 3.63) is 60.7 Å². The third-order valence-electron chi connectivity index (χ3n) is 1.51. The van der Waals surface area contributed by atoms with E-state index in [1.165, 1.54) is 0 Å². The molecule has 0 aliphatic carbocycles. The minimum absolute atomic E-state index is 0. The predicted octanol–water partition coefficient (Wildman–Crippen LogP) is -0.212. The highest BCUT2D eigenvalue weighted by Gasteiger charge is 1.75. The zero-order valence-electron chi connectivity index (χ0n) is 8.05. The lowest BCUT2D eigenvalue weighted by Gasteiger charge is -1.82. The molecule has 0 saturated heterocycles. The fraction of sp³-hybridized carbons (Fsp3) is 0. The Bertz CT molecular complexity index is 311. The molecule has 2 aromatic rings. The van der Waals surface area contributed by atoms with Crippen LogP contribution in [-0.2, 0) is 0 Å². The zero-order valence-corrected chi connectivity index (χ0v) is 8.80. The fourth-order valence-corrected chi connectivity index (χ4v) is 0.856. The minimum atomic E-state index is 0. The molecule has 2 nitrogen and oxygen atoms in total. The van der Waals surface area contributed by atoms with Crippen molar-refractivity contribution in [3.63, 3.8) is 0 Å². The molecule has 0 atom stereocenters. The predicted molar refractivity (Wildman–Crippen MR) is 56.2 cm³/mol. The summed E-state index contributed by atoms with van der Waals surface area (Å²) in [5.74, 6) is 0.644. The first-order valence-electron chi connectivity index (χ1n) is 4.27. The largest absolute Gasteiger partial charge is 1.00 e. The van der Waals surface area contributed by atoms with Gasteiger partial charge in [0.15, 0.2) is 0 Å². The van der Waals surface area contributed by atoms with Gasteiger partial charge in [-0.2, -0.15) is 0 Å². The molecule has 2 N–H and O–H groups in total. The molecule has 0 aliphatic heterocycles. The van der Waals surface area contributed by atoms with Gasteiger partial charge in [0.25, 0.3) is 0 Å². The van der Waals surface area contributed by atoms with Gasteiger partial charge >= 0.3 is 0 Å². The van der Waals surface area contributed by atoms with Crippen molar-refractivity contribution >= 4 is 0 Å². The highest BCUT2D eigenvalue weighted by Crippen LogP contribution is 2.03. The number of hydrogen-bond donors (Lipinski definition) is 2. The summed E-state index contributed by atoms with van der Waals surface area (Å²) in [5.41, 5.74) is 0. The van der Waals surface area contributed by atoms with Gasteiger partial charge in [0.1, 0.15) is 11.5 Å². The van der Waals surface area contributed by atoms with Gasteiger partial charge in [-0.3, -0.25) is 0 Å². The number of halogens is 1. The third kappa shape index (κ3) is 6.41. The molecule has 0 unspecified atom stereocenters. The average molecular weight is 224 g/mol. The maximum absolute atomic E-state index is 8.63. The molecule has 0 amide bonds. The molecule has 2 aromatic carbocycles. The molecule has 0 spiro atoms. The van der Waals surface area contributed by atoms with Crippen LogP contribution >= 0.6 is 0 Å². The molecule has 0 aromatic heterocycles. The molecule has 0 radical (unpaired) electrons. The Labute approximate surface area is 95.2 Å². The number of para-hydroxylation sites is 2. The topological polar surface area (TPSA) is 40.5 Å². The van der Waals surface area contributed by atoms with Crippen molar-refractivity contribution in [3.8, 4) is 11.5 Å². The summed E-state index contributed by atoms with van der Waals surface area (Å²) in [6, 6.07) is 17.4. The van der Waals surface area contributed by atoms with Crippen LogP contribution in [0.3, 0.4) is 0 Å². The van der Waals surface area contributed by atoms with E-state index < -0.39 is 0 Å². The van der Waals surface area contributed by atoms with Crippen molar-refractivity contribution < 1.29 is 22.6 Å². The molecule has 0 fully saturated rings. The molecule has 3 heteroatoms. The van der Waals surface area contributed by atoms with Crippen LogP contribution in [0, 0.1) is 0 Å². The van der Waals surface area contributed by atoms with E-state index in [0.717, 1.165) is 0 Å². The standard InChI is InChI=1S/2C6H6O.ClH/c2*7-6-4-2-1-3-5-6;/h2*1-5,7H;1H/p-1. The van der Waals surface area contributed by atoms with Crippen LogP contribution in [0.15, 0.2) is 60.7 Å². The lowest BCUT2D eigenvalue weighted by Crippen LogP contribution is -3.00. The Balaban J connectivity index is 0.000000245. The van der Waals surface area contributed by atoms with Crippen molar-refractivity contribution in [1.29, 1.82) is 0 Å². The fourth-order valence-electron chi connectivity index (χ4n) is 0.856. The number of rotatable bonds is 0. The molecule has 0 heterocycles. The average Bonchev–Trinajstić information content (AvgIpc) is 2.21. The van der Waals surface area contributed by atoms with E-state index in [-0.39, 0.29) is 12.4 Å². The Morgan fingerprint density at radius 2 is 0.800 bits per heavy atom. The van der Waals surface area contributed by atoms with Crippen molar-refractivity contribution in [2.24, 2.45) is 0 Å². The van der Waals surface area contributed by atoms with Crippen LogP contribution < -0.4 is 12.4 Å². The normalized spacial score (nSPS) is 8.00. The van der Waals surface area contributed by atoms with Crippen molar-refractivity contribution in [1.82, 2.24) is 0 Å². The Morgan fingerprint density at radius 3 is 0.933 bits per heavy atom. The van der Waals surface area contributed by atoms with Gasteiger partial charge in [-0.15, -0.1) is 0 Å². The van der Waals surface area contributed by atoms with Crippen LogP contribution in [0.1, 0.15) is 0 Å². The molecule has 0 saturated carbocycles. The highest BCUT2D eigenvalue weighted by atomic mass is 35.5. The SMILES string of the molecule is Oc1ccccc1.Oc1ccccc1.[Cl-]. The summed E-state index contributed by atoms with van der Waals surface area (Å²) in [6.07, 6.45) is 0. The minimum Gasteiger partial charge on any atom is -1.00 e. The van der Waals surface area contributed by atoms with Gasteiger partial charge < -0.3 is 22.6 Å². The second kappa shape index (κ2) is 7.71. The summed E-state index contributed by atoms with van der Waals surface area (Å²) in [5, 5.41) is 17.3. The molecular weight excluding hydrogens is 212 g/mol. The zero-order chi connectivity index (χ0) is 10.2. The summed E-state index contributed by atoms with van der Waals surface area (Å²) in [6.45, 7) is 0. The Morgan fingerprint density at radius 1 is 0.533 bits per heavy atom. The summed E-state index contributed by atoms with van der Waals surface area (Å²) >= 11 is 0. The van der Waals surface area contributed by atoms with E-state index >= 15 is 0 Å². The number of phenolic OH excluding ortho intramolecular Hbond substituents is 2. The molecule has 0 bridgehead atoms. The van der Waals surface area contributed by atoms with Crippen LogP contribution in [0.25, 0.3) is 0 Å². The first-order chi connectivity index (χ1) is 6.79. The smallest absolute Gasteiger partial charge is 0.115 e. The van der Waals surface area contributed by atoms with E-state index in [2.05, 4.69) is 0 Å². The quantitative estimate of drug-likeness (QED) is 0.649. The molecule has 15 heavy (non-hydrogen) atoms. The summed E-state index contributed by atoms with van der Waals surface area (Å²) in [7, 11) is 0.